The van der Waals surface area contributed by atoms with Gasteiger partial charge in [0, 0.05) is 21.7 Å². The Morgan fingerprint density at radius 1 is 1.00 bits per heavy atom. The molecule has 1 aromatic heterocycles. The lowest BCUT2D eigenvalue weighted by Gasteiger charge is -2.09. The van der Waals surface area contributed by atoms with Gasteiger partial charge in [0.2, 0.25) is 5.88 Å². The van der Waals surface area contributed by atoms with E-state index < -0.39 is 6.16 Å². The van der Waals surface area contributed by atoms with Crippen LogP contribution in [0.25, 0.3) is 16.9 Å². The van der Waals surface area contributed by atoms with Crippen molar-refractivity contribution in [3.63, 3.8) is 0 Å². The molecule has 0 spiro atoms. The molecule has 0 unspecified atom stereocenters. The summed E-state index contributed by atoms with van der Waals surface area (Å²) in [4.78, 5) is 10.8. The summed E-state index contributed by atoms with van der Waals surface area (Å²) in [5.74, 6) is -0.0801. The molecular weight excluding hydrogens is 375 g/mol. The first-order valence-corrected chi connectivity index (χ1v) is 7.79. The number of carboxylic acid groups (broad SMARTS) is 1. The van der Waals surface area contributed by atoms with Crippen molar-refractivity contribution in [2.24, 2.45) is 0 Å². The van der Waals surface area contributed by atoms with Gasteiger partial charge in [0.05, 0.1) is 16.4 Å². The molecule has 0 saturated carbocycles. The van der Waals surface area contributed by atoms with Crippen molar-refractivity contribution in [2.75, 3.05) is 0 Å². The first-order chi connectivity index (χ1) is 11.4. The highest BCUT2D eigenvalue weighted by atomic mass is 35.5. The van der Waals surface area contributed by atoms with Crippen LogP contribution < -0.4 is 4.74 Å². The Bertz CT molecular complexity index is 907. The van der Waals surface area contributed by atoms with Gasteiger partial charge in [-0.05, 0) is 30.3 Å². The molecule has 0 aliphatic carbocycles. The highest BCUT2D eigenvalue weighted by Crippen LogP contribution is 2.32. The fourth-order valence-corrected chi connectivity index (χ4v) is 2.65. The summed E-state index contributed by atoms with van der Waals surface area (Å²) < 4.78 is 6.12. The average Bonchev–Trinajstić information content (AvgIpc) is 2.93. The Balaban J connectivity index is 2.19. The van der Waals surface area contributed by atoms with E-state index in [2.05, 4.69) is 9.84 Å². The van der Waals surface area contributed by atoms with E-state index in [0.29, 0.717) is 26.4 Å². The number of hydrogen-bond acceptors (Lipinski definition) is 3. The zero-order valence-electron chi connectivity index (χ0n) is 11.9. The maximum atomic E-state index is 10.8. The van der Waals surface area contributed by atoms with E-state index in [4.69, 9.17) is 39.9 Å². The maximum absolute atomic E-state index is 10.8. The van der Waals surface area contributed by atoms with Gasteiger partial charge in [-0.3, -0.25) is 0 Å². The van der Waals surface area contributed by atoms with Gasteiger partial charge < -0.3 is 9.84 Å². The van der Waals surface area contributed by atoms with Gasteiger partial charge in [0.15, 0.2) is 0 Å². The molecule has 0 bridgehead atoms. The normalized spacial score (nSPS) is 10.6. The van der Waals surface area contributed by atoms with Crippen molar-refractivity contribution in [2.45, 2.75) is 0 Å². The second kappa shape index (κ2) is 6.73. The lowest BCUT2D eigenvalue weighted by atomic mass is 10.1. The van der Waals surface area contributed by atoms with Gasteiger partial charge in [-0.15, -0.1) is 5.10 Å². The molecule has 0 amide bonds. The highest BCUT2D eigenvalue weighted by molar-refractivity contribution is 6.34. The molecular formula is C16H9Cl3N2O3. The van der Waals surface area contributed by atoms with Crippen molar-refractivity contribution in [3.05, 3.63) is 63.6 Å². The molecule has 5 nitrogen and oxygen atoms in total. The van der Waals surface area contributed by atoms with Gasteiger partial charge in [-0.2, -0.15) is 0 Å². The van der Waals surface area contributed by atoms with Gasteiger partial charge in [-0.1, -0.05) is 46.9 Å². The zero-order chi connectivity index (χ0) is 17.3. The number of benzene rings is 2. The molecule has 8 heteroatoms. The fourth-order valence-electron chi connectivity index (χ4n) is 2.16. The van der Waals surface area contributed by atoms with Crippen molar-refractivity contribution in [1.29, 1.82) is 0 Å². The van der Waals surface area contributed by atoms with Crippen molar-refractivity contribution >= 4 is 41.0 Å². The molecule has 0 saturated heterocycles. The lowest BCUT2D eigenvalue weighted by Crippen LogP contribution is -2.05. The molecule has 0 aliphatic rings. The molecule has 0 radical (unpaired) electrons. The van der Waals surface area contributed by atoms with Crippen LogP contribution in [0.2, 0.25) is 15.1 Å². The predicted molar refractivity (Wildman–Crippen MR) is 92.7 cm³/mol. The monoisotopic (exact) mass is 382 g/mol. The lowest BCUT2D eigenvalue weighted by molar-refractivity contribution is 0.142. The summed E-state index contributed by atoms with van der Waals surface area (Å²) in [6.45, 7) is 0. The van der Waals surface area contributed by atoms with Crippen molar-refractivity contribution in [3.8, 4) is 22.8 Å². The SMILES string of the molecule is O=C(O)Oc1cc(-c2ccc(Cl)cc2)n(-c2cc(Cl)ccc2Cl)n1. The van der Waals surface area contributed by atoms with Crippen molar-refractivity contribution in [1.82, 2.24) is 9.78 Å². The third-order valence-corrected chi connectivity index (χ3v) is 3.96. The second-order valence-electron chi connectivity index (χ2n) is 4.75. The van der Waals surface area contributed by atoms with Crippen LogP contribution in [0.3, 0.4) is 0 Å². The quantitative estimate of drug-likeness (QED) is 0.602. The molecule has 3 aromatic rings. The summed E-state index contributed by atoms with van der Waals surface area (Å²) >= 11 is 18.2. The first-order valence-electron chi connectivity index (χ1n) is 6.66. The molecule has 1 N–H and O–H groups in total. The van der Waals surface area contributed by atoms with Gasteiger partial charge in [-0.25, -0.2) is 9.48 Å². The number of aromatic nitrogens is 2. The minimum Gasteiger partial charge on any atom is -0.449 e. The zero-order valence-corrected chi connectivity index (χ0v) is 14.2. The fraction of sp³-hybridized carbons (Fsp3) is 0. The van der Waals surface area contributed by atoms with Crippen LogP contribution in [-0.2, 0) is 0 Å². The van der Waals surface area contributed by atoms with E-state index in [9.17, 15) is 4.79 Å². The third-order valence-electron chi connectivity index (χ3n) is 3.16. The Morgan fingerprint density at radius 3 is 2.33 bits per heavy atom. The largest absolute Gasteiger partial charge is 0.512 e. The molecule has 0 aliphatic heterocycles. The Labute approximate surface area is 151 Å². The summed E-state index contributed by atoms with van der Waals surface area (Å²) in [6.07, 6.45) is -1.46. The number of carbonyl (C=O) groups is 1. The summed E-state index contributed by atoms with van der Waals surface area (Å²) in [6, 6.07) is 13.4. The minimum absolute atomic E-state index is 0.0801. The Hall–Kier alpha value is -2.21. The summed E-state index contributed by atoms with van der Waals surface area (Å²) in [5.41, 5.74) is 1.82. The average molecular weight is 384 g/mol. The van der Waals surface area contributed by atoms with E-state index in [-0.39, 0.29) is 5.88 Å². The standard InChI is InChI=1S/C16H9Cl3N2O3/c17-10-3-1-9(2-4-10)13-8-15(24-16(22)23)20-21(13)14-7-11(18)5-6-12(14)19/h1-8H,(H,22,23). The van der Waals surface area contributed by atoms with Gasteiger partial charge in [0.1, 0.15) is 0 Å². The number of rotatable bonds is 3. The molecule has 0 atom stereocenters. The van der Waals surface area contributed by atoms with Gasteiger partial charge in [0.25, 0.3) is 0 Å². The van der Waals surface area contributed by atoms with E-state index in [1.54, 1.807) is 42.5 Å². The number of halogens is 3. The maximum Gasteiger partial charge on any atom is 0.512 e. The topological polar surface area (TPSA) is 64.3 Å². The van der Waals surface area contributed by atoms with Crippen LogP contribution in [-0.4, -0.2) is 21.0 Å². The van der Waals surface area contributed by atoms with Crippen LogP contribution in [0, 0.1) is 0 Å². The van der Waals surface area contributed by atoms with Gasteiger partial charge >= 0.3 is 6.16 Å². The number of ether oxygens (including phenoxy) is 1. The molecule has 2 aromatic carbocycles. The van der Waals surface area contributed by atoms with Crippen LogP contribution in [0.5, 0.6) is 5.88 Å². The third kappa shape index (κ3) is 3.48. The summed E-state index contributed by atoms with van der Waals surface area (Å²) in [7, 11) is 0. The van der Waals surface area contributed by atoms with Crippen LogP contribution in [0.15, 0.2) is 48.5 Å². The molecule has 1 heterocycles. The van der Waals surface area contributed by atoms with E-state index in [0.717, 1.165) is 5.56 Å². The van der Waals surface area contributed by atoms with Crippen molar-refractivity contribution < 1.29 is 14.6 Å². The van der Waals surface area contributed by atoms with Crippen LogP contribution in [0.4, 0.5) is 4.79 Å². The van der Waals surface area contributed by atoms with Crippen LogP contribution >= 0.6 is 34.8 Å². The molecule has 24 heavy (non-hydrogen) atoms. The number of hydrogen-bond donors (Lipinski definition) is 1. The van der Waals surface area contributed by atoms with E-state index in [1.807, 2.05) is 0 Å². The summed E-state index contributed by atoms with van der Waals surface area (Å²) in [5, 5.41) is 14.4. The molecule has 122 valence electrons. The van der Waals surface area contributed by atoms with E-state index in [1.165, 1.54) is 10.7 Å². The Kier molecular flexibility index (Phi) is 4.66. The smallest absolute Gasteiger partial charge is 0.449 e. The molecule has 0 fully saturated rings. The first kappa shape index (κ1) is 16.6. The Morgan fingerprint density at radius 2 is 1.67 bits per heavy atom. The predicted octanol–water partition coefficient (Wildman–Crippen LogP) is 5.56. The van der Waals surface area contributed by atoms with E-state index >= 15 is 0 Å². The molecule has 3 rings (SSSR count). The second-order valence-corrected chi connectivity index (χ2v) is 6.03. The highest BCUT2D eigenvalue weighted by Gasteiger charge is 2.17. The minimum atomic E-state index is -1.46. The van der Waals surface area contributed by atoms with Crippen LogP contribution in [0.1, 0.15) is 0 Å². The number of nitrogens with zero attached hydrogens (tertiary/aromatic N) is 2.